The van der Waals surface area contributed by atoms with Crippen LogP contribution >= 0.6 is 0 Å². The Hall–Kier alpha value is -4.05. The molecule has 3 aromatic rings. The number of carbonyl (C=O) groups excluding carboxylic acids is 1. The molecule has 1 atom stereocenters. The minimum atomic E-state index is -1.01. The Morgan fingerprint density at radius 2 is 1.97 bits per heavy atom. The third-order valence-corrected chi connectivity index (χ3v) is 4.27. The van der Waals surface area contributed by atoms with Crippen molar-refractivity contribution in [3.05, 3.63) is 98.7 Å². The number of non-ortho nitro benzene ring substituents is 1. The lowest BCUT2D eigenvalue weighted by atomic mass is 10.1. The second-order valence-corrected chi connectivity index (χ2v) is 6.43. The Balaban J connectivity index is 1.55. The van der Waals surface area contributed by atoms with E-state index in [0.717, 1.165) is 5.56 Å². The highest BCUT2D eigenvalue weighted by Crippen LogP contribution is 2.17. The second-order valence-electron chi connectivity index (χ2n) is 6.43. The van der Waals surface area contributed by atoms with Crippen molar-refractivity contribution < 1.29 is 14.8 Å². The summed E-state index contributed by atoms with van der Waals surface area (Å²) in [7, 11) is 0. The summed E-state index contributed by atoms with van der Waals surface area (Å²) in [6.07, 6.45) is 2.04. The van der Waals surface area contributed by atoms with E-state index in [1.54, 1.807) is 30.5 Å². The normalized spacial score (nSPS) is 11.5. The molecule has 0 spiro atoms. The lowest BCUT2D eigenvalue weighted by Gasteiger charge is -2.13. The van der Waals surface area contributed by atoms with Gasteiger partial charge in [-0.1, -0.05) is 12.1 Å². The molecule has 30 heavy (non-hydrogen) atoms. The van der Waals surface area contributed by atoms with Crippen LogP contribution in [0.1, 0.15) is 17.2 Å². The number of amides is 2. The van der Waals surface area contributed by atoms with Crippen LogP contribution in [0.15, 0.2) is 71.8 Å². The summed E-state index contributed by atoms with van der Waals surface area (Å²) in [5.74, 6) is 0. The van der Waals surface area contributed by atoms with E-state index in [9.17, 15) is 24.8 Å². The monoisotopic (exact) mass is 409 g/mol. The standard InChI is InChI=1S/C20H19N5O5/c26-18(15-5-7-17(8-6-15)25(29)30)12-22-19(27)23-16-4-1-3-14(11-16)13-24-10-2-9-21-20(24)28/h1-11,18,26H,12-13H2,(H2,22,23,27). The van der Waals surface area contributed by atoms with Gasteiger partial charge in [-0.2, -0.15) is 0 Å². The number of carbonyl (C=O) groups is 1. The molecular weight excluding hydrogens is 390 g/mol. The van der Waals surface area contributed by atoms with Gasteiger partial charge in [0.2, 0.25) is 0 Å². The molecule has 2 aromatic carbocycles. The summed E-state index contributed by atoms with van der Waals surface area (Å²) in [6.45, 7) is 0.233. The Kier molecular flexibility index (Phi) is 6.50. The molecule has 3 rings (SSSR count). The van der Waals surface area contributed by atoms with Gasteiger partial charge in [-0.3, -0.25) is 14.7 Å². The predicted molar refractivity (Wildman–Crippen MR) is 109 cm³/mol. The number of aliphatic hydroxyl groups is 1. The van der Waals surface area contributed by atoms with Crippen LogP contribution in [-0.2, 0) is 6.54 Å². The number of nitrogens with one attached hydrogen (secondary N) is 2. The summed E-state index contributed by atoms with van der Waals surface area (Å²) in [5.41, 5.74) is 1.32. The highest BCUT2D eigenvalue weighted by molar-refractivity contribution is 5.89. The topological polar surface area (TPSA) is 139 Å². The van der Waals surface area contributed by atoms with Gasteiger partial charge in [0.1, 0.15) is 0 Å². The van der Waals surface area contributed by atoms with Gasteiger partial charge in [-0.05, 0) is 41.5 Å². The first-order chi connectivity index (χ1) is 14.4. The van der Waals surface area contributed by atoms with Crippen molar-refractivity contribution in [3.63, 3.8) is 0 Å². The van der Waals surface area contributed by atoms with Gasteiger partial charge in [0, 0.05) is 36.8 Å². The first kappa shape index (κ1) is 20.7. The number of anilines is 1. The van der Waals surface area contributed by atoms with Crippen LogP contribution in [0.4, 0.5) is 16.2 Å². The summed E-state index contributed by atoms with van der Waals surface area (Å²) in [6, 6.07) is 13.6. The highest BCUT2D eigenvalue weighted by Gasteiger charge is 2.12. The number of hydrogen-bond acceptors (Lipinski definition) is 6. The quantitative estimate of drug-likeness (QED) is 0.403. The van der Waals surface area contributed by atoms with Crippen molar-refractivity contribution in [1.29, 1.82) is 0 Å². The van der Waals surface area contributed by atoms with Crippen LogP contribution in [0.5, 0.6) is 0 Å². The second kappa shape index (κ2) is 9.43. The molecule has 0 aliphatic rings. The molecule has 1 unspecified atom stereocenters. The first-order valence-electron chi connectivity index (χ1n) is 9.00. The fraction of sp³-hybridized carbons (Fsp3) is 0.150. The van der Waals surface area contributed by atoms with Crippen LogP contribution in [0.25, 0.3) is 0 Å². The molecule has 10 heteroatoms. The zero-order valence-corrected chi connectivity index (χ0v) is 15.8. The first-order valence-corrected chi connectivity index (χ1v) is 9.00. The number of nitro benzene ring substituents is 1. The van der Waals surface area contributed by atoms with Gasteiger partial charge in [0.25, 0.3) is 5.69 Å². The molecule has 0 saturated heterocycles. The Labute approximate surface area is 171 Å². The number of nitrogens with zero attached hydrogens (tertiary/aromatic N) is 3. The molecule has 0 bridgehead atoms. The van der Waals surface area contributed by atoms with Gasteiger partial charge in [-0.25, -0.2) is 14.6 Å². The molecule has 0 saturated carbocycles. The Bertz CT molecular complexity index is 1100. The molecule has 1 heterocycles. The fourth-order valence-electron chi connectivity index (χ4n) is 2.75. The van der Waals surface area contributed by atoms with E-state index in [-0.39, 0.29) is 17.9 Å². The smallest absolute Gasteiger partial charge is 0.347 e. The van der Waals surface area contributed by atoms with Crippen molar-refractivity contribution in [2.75, 3.05) is 11.9 Å². The summed E-state index contributed by atoms with van der Waals surface area (Å²) in [5, 5.41) is 26.0. The van der Waals surface area contributed by atoms with E-state index in [0.29, 0.717) is 17.8 Å². The molecule has 154 valence electrons. The van der Waals surface area contributed by atoms with E-state index in [4.69, 9.17) is 0 Å². The van der Waals surface area contributed by atoms with Gasteiger partial charge < -0.3 is 15.7 Å². The number of urea groups is 1. The zero-order chi connectivity index (χ0) is 21.5. The van der Waals surface area contributed by atoms with Crippen LogP contribution in [0, 0.1) is 10.1 Å². The minimum Gasteiger partial charge on any atom is -0.387 e. The lowest BCUT2D eigenvalue weighted by Crippen LogP contribution is -2.32. The molecule has 0 aliphatic heterocycles. The van der Waals surface area contributed by atoms with Crippen LogP contribution in [0.3, 0.4) is 0 Å². The molecule has 0 fully saturated rings. The molecular formula is C20H19N5O5. The van der Waals surface area contributed by atoms with Crippen LogP contribution in [0.2, 0.25) is 0 Å². The number of hydrogen-bond donors (Lipinski definition) is 3. The number of rotatable bonds is 7. The molecule has 0 aliphatic carbocycles. The Morgan fingerprint density at radius 3 is 2.67 bits per heavy atom. The van der Waals surface area contributed by atoms with Gasteiger partial charge in [0.05, 0.1) is 17.6 Å². The van der Waals surface area contributed by atoms with Gasteiger partial charge in [-0.15, -0.1) is 0 Å². The maximum Gasteiger partial charge on any atom is 0.347 e. The third-order valence-electron chi connectivity index (χ3n) is 4.27. The van der Waals surface area contributed by atoms with Crippen molar-refractivity contribution in [1.82, 2.24) is 14.9 Å². The Morgan fingerprint density at radius 1 is 1.20 bits per heavy atom. The van der Waals surface area contributed by atoms with E-state index < -0.39 is 17.1 Å². The largest absolute Gasteiger partial charge is 0.387 e. The maximum atomic E-state index is 12.1. The maximum absolute atomic E-state index is 12.1. The number of benzene rings is 2. The van der Waals surface area contributed by atoms with E-state index >= 15 is 0 Å². The van der Waals surface area contributed by atoms with Gasteiger partial charge in [0.15, 0.2) is 0 Å². The SMILES string of the molecule is O=C(NCC(O)c1ccc([N+](=O)[O-])cc1)Nc1cccc(Cn2cccnc2=O)c1. The van der Waals surface area contributed by atoms with Crippen LogP contribution < -0.4 is 16.3 Å². The molecule has 10 nitrogen and oxygen atoms in total. The van der Waals surface area contributed by atoms with E-state index in [1.165, 1.54) is 35.0 Å². The molecule has 1 aromatic heterocycles. The van der Waals surface area contributed by atoms with E-state index in [1.807, 2.05) is 6.07 Å². The minimum absolute atomic E-state index is 0.0750. The van der Waals surface area contributed by atoms with E-state index in [2.05, 4.69) is 15.6 Å². The van der Waals surface area contributed by atoms with Crippen molar-refractivity contribution in [2.24, 2.45) is 0 Å². The average Bonchev–Trinajstić information content (AvgIpc) is 2.74. The third kappa shape index (κ3) is 5.49. The highest BCUT2D eigenvalue weighted by atomic mass is 16.6. The van der Waals surface area contributed by atoms with Crippen molar-refractivity contribution >= 4 is 17.4 Å². The average molecular weight is 409 g/mol. The number of aromatic nitrogens is 2. The molecule has 0 radical (unpaired) electrons. The zero-order valence-electron chi connectivity index (χ0n) is 15.8. The lowest BCUT2D eigenvalue weighted by molar-refractivity contribution is -0.384. The predicted octanol–water partition coefficient (Wildman–Crippen LogP) is 2.05. The van der Waals surface area contributed by atoms with Crippen molar-refractivity contribution in [2.45, 2.75) is 12.6 Å². The summed E-state index contributed by atoms with van der Waals surface area (Å²) in [4.78, 5) is 37.7. The van der Waals surface area contributed by atoms with Crippen LogP contribution in [-0.4, -0.2) is 32.2 Å². The van der Waals surface area contributed by atoms with Gasteiger partial charge >= 0.3 is 11.7 Å². The number of nitro groups is 1. The van der Waals surface area contributed by atoms with Crippen molar-refractivity contribution in [3.8, 4) is 0 Å². The summed E-state index contributed by atoms with van der Waals surface area (Å²) < 4.78 is 1.44. The molecule has 3 N–H and O–H groups in total. The summed E-state index contributed by atoms with van der Waals surface area (Å²) >= 11 is 0. The molecule has 2 amide bonds. The fourth-order valence-corrected chi connectivity index (χ4v) is 2.75. The number of aliphatic hydroxyl groups excluding tert-OH is 1.